The molecular formula is C18H17N3O4S. The molecule has 134 valence electrons. The van der Waals surface area contributed by atoms with Gasteiger partial charge in [0.05, 0.1) is 16.3 Å². The summed E-state index contributed by atoms with van der Waals surface area (Å²) in [6.07, 6.45) is 7.68. The van der Waals surface area contributed by atoms with E-state index in [1.807, 2.05) is 12.1 Å². The van der Waals surface area contributed by atoms with Crippen LogP contribution in [0.2, 0.25) is 0 Å². The topological polar surface area (TPSA) is 91.2 Å². The molecule has 0 saturated heterocycles. The first-order chi connectivity index (χ1) is 12.5. The van der Waals surface area contributed by atoms with Gasteiger partial charge in [0.2, 0.25) is 0 Å². The van der Waals surface area contributed by atoms with Crippen molar-refractivity contribution in [3.63, 3.8) is 0 Å². The van der Waals surface area contributed by atoms with E-state index in [0.29, 0.717) is 16.4 Å². The van der Waals surface area contributed by atoms with E-state index in [-0.39, 0.29) is 18.0 Å². The van der Waals surface area contributed by atoms with E-state index in [0.717, 1.165) is 12.8 Å². The number of nitrogens with zero attached hydrogens (tertiary/aromatic N) is 3. The lowest BCUT2D eigenvalue weighted by molar-refractivity contribution is -0.385. The number of hydrogen-bond acceptors (Lipinski definition) is 6. The minimum absolute atomic E-state index is 0.0574. The third-order valence-electron chi connectivity index (χ3n) is 3.63. The number of ketones is 1. The van der Waals surface area contributed by atoms with Crippen LogP contribution in [0.3, 0.4) is 0 Å². The zero-order chi connectivity index (χ0) is 18.5. The van der Waals surface area contributed by atoms with E-state index < -0.39 is 4.92 Å². The van der Waals surface area contributed by atoms with E-state index in [1.165, 1.54) is 39.4 Å². The normalized spacial score (nSPS) is 11.3. The number of furan rings is 1. The molecule has 3 aromatic rings. The van der Waals surface area contributed by atoms with E-state index >= 15 is 0 Å². The number of hydrogen-bond donors (Lipinski definition) is 0. The molecule has 0 saturated carbocycles. The van der Waals surface area contributed by atoms with Gasteiger partial charge in [-0.15, -0.1) is 11.3 Å². The van der Waals surface area contributed by atoms with Crippen LogP contribution in [0.5, 0.6) is 0 Å². The zero-order valence-corrected chi connectivity index (χ0v) is 14.9. The molecule has 0 amide bonds. The van der Waals surface area contributed by atoms with Gasteiger partial charge in [-0.05, 0) is 42.8 Å². The van der Waals surface area contributed by atoms with Gasteiger partial charge in [-0.2, -0.15) is 5.10 Å². The van der Waals surface area contributed by atoms with Crippen LogP contribution in [0, 0.1) is 10.1 Å². The number of carbonyl (C=O) groups excluding carboxylic acids is 1. The lowest BCUT2D eigenvalue weighted by atomic mass is 10.2. The highest BCUT2D eigenvalue weighted by Crippen LogP contribution is 2.20. The molecule has 3 rings (SSSR count). The summed E-state index contributed by atoms with van der Waals surface area (Å²) in [6.45, 7) is 2.39. The quantitative estimate of drug-likeness (QED) is 0.254. The highest BCUT2D eigenvalue weighted by molar-refractivity contribution is 7.14. The van der Waals surface area contributed by atoms with E-state index in [1.54, 1.807) is 18.2 Å². The molecule has 0 aliphatic rings. The molecule has 0 spiro atoms. The van der Waals surface area contributed by atoms with Gasteiger partial charge < -0.3 is 4.42 Å². The van der Waals surface area contributed by atoms with Crippen molar-refractivity contribution < 1.29 is 14.1 Å². The van der Waals surface area contributed by atoms with Gasteiger partial charge in [0.15, 0.2) is 5.78 Å². The summed E-state index contributed by atoms with van der Waals surface area (Å²) in [5, 5.41) is 14.6. The number of aryl methyl sites for hydroxylation is 1. The predicted octanol–water partition coefficient (Wildman–Crippen LogP) is 4.34. The van der Waals surface area contributed by atoms with Crippen molar-refractivity contribution in [2.45, 2.75) is 26.3 Å². The van der Waals surface area contributed by atoms with Gasteiger partial charge in [-0.1, -0.05) is 13.3 Å². The van der Waals surface area contributed by atoms with Crippen LogP contribution < -0.4 is 0 Å². The van der Waals surface area contributed by atoms with Gasteiger partial charge in [0.25, 0.3) is 0 Å². The first-order valence-corrected chi connectivity index (χ1v) is 8.93. The van der Waals surface area contributed by atoms with Crippen molar-refractivity contribution in [1.82, 2.24) is 9.78 Å². The van der Waals surface area contributed by atoms with E-state index in [9.17, 15) is 14.9 Å². The van der Waals surface area contributed by atoms with Crippen LogP contribution in [-0.4, -0.2) is 20.5 Å². The third-order valence-corrected chi connectivity index (χ3v) is 4.79. The molecule has 0 unspecified atom stereocenters. The fourth-order valence-corrected chi connectivity index (χ4v) is 3.42. The summed E-state index contributed by atoms with van der Waals surface area (Å²) in [5.41, 5.74) is -0.0688. The second-order valence-corrected chi connectivity index (χ2v) is 6.84. The Morgan fingerprint density at radius 3 is 2.96 bits per heavy atom. The molecule has 0 aliphatic heterocycles. The van der Waals surface area contributed by atoms with Crippen LogP contribution in [0.1, 0.15) is 39.4 Å². The molecule has 0 atom stereocenters. The fourth-order valence-electron chi connectivity index (χ4n) is 2.39. The molecule has 8 heteroatoms. The average molecular weight is 371 g/mol. The molecule has 0 fully saturated rings. The number of allylic oxidation sites excluding steroid dienone is 1. The van der Waals surface area contributed by atoms with Crippen molar-refractivity contribution >= 4 is 28.9 Å². The van der Waals surface area contributed by atoms with Crippen molar-refractivity contribution in [3.05, 3.63) is 74.1 Å². The minimum atomic E-state index is -0.498. The van der Waals surface area contributed by atoms with Crippen molar-refractivity contribution in [1.29, 1.82) is 0 Å². The summed E-state index contributed by atoms with van der Waals surface area (Å²) in [5.74, 6) is 1.08. The second kappa shape index (κ2) is 7.92. The summed E-state index contributed by atoms with van der Waals surface area (Å²) in [6, 6.07) is 7.33. The highest BCUT2D eigenvalue weighted by Gasteiger charge is 2.10. The highest BCUT2D eigenvalue weighted by atomic mass is 32.1. The number of rotatable bonds is 8. The van der Waals surface area contributed by atoms with Crippen LogP contribution in [-0.2, 0) is 13.0 Å². The molecule has 3 heterocycles. The number of carbonyl (C=O) groups is 1. The summed E-state index contributed by atoms with van der Waals surface area (Å²) in [4.78, 5) is 24.3. The summed E-state index contributed by atoms with van der Waals surface area (Å²) >= 11 is 1.51. The zero-order valence-electron chi connectivity index (χ0n) is 14.1. The van der Waals surface area contributed by atoms with Crippen molar-refractivity contribution in [2.75, 3.05) is 0 Å². The predicted molar refractivity (Wildman–Crippen MR) is 98.4 cm³/mol. The second-order valence-electron chi connectivity index (χ2n) is 5.67. The van der Waals surface area contributed by atoms with Crippen LogP contribution in [0.4, 0.5) is 5.69 Å². The number of aromatic nitrogens is 2. The minimum Gasteiger partial charge on any atom is -0.460 e. The lowest BCUT2D eigenvalue weighted by Crippen LogP contribution is -1.98. The van der Waals surface area contributed by atoms with Crippen molar-refractivity contribution in [2.24, 2.45) is 0 Å². The Bertz CT molecular complexity index is 951. The Hall–Kier alpha value is -3.00. The monoisotopic (exact) mass is 371 g/mol. The largest absolute Gasteiger partial charge is 0.460 e. The van der Waals surface area contributed by atoms with Crippen LogP contribution in [0.15, 0.2) is 47.2 Å². The smallest absolute Gasteiger partial charge is 0.307 e. The number of thiophene rings is 1. The van der Waals surface area contributed by atoms with E-state index in [4.69, 9.17) is 4.42 Å². The maximum Gasteiger partial charge on any atom is 0.307 e. The molecule has 0 radical (unpaired) electrons. The van der Waals surface area contributed by atoms with Gasteiger partial charge >= 0.3 is 5.69 Å². The van der Waals surface area contributed by atoms with Gasteiger partial charge in [0, 0.05) is 4.88 Å². The van der Waals surface area contributed by atoms with Gasteiger partial charge in [-0.3, -0.25) is 19.6 Å². The lowest BCUT2D eigenvalue weighted by Gasteiger charge is -1.96. The first kappa shape index (κ1) is 17.8. The Morgan fingerprint density at radius 1 is 1.38 bits per heavy atom. The third kappa shape index (κ3) is 4.34. The van der Waals surface area contributed by atoms with Crippen LogP contribution in [0.25, 0.3) is 6.08 Å². The standard InChI is InChI=1S/C18H17N3O4S/c1-2-3-16-7-9-18(26-16)17(22)8-6-14-4-5-15(25-14)12-20-11-13(10-19-20)21(23)24/h4-11H,2-3,12H2,1H3/b8-6+. The van der Waals surface area contributed by atoms with E-state index in [2.05, 4.69) is 12.0 Å². The molecule has 0 aliphatic carbocycles. The Kier molecular flexibility index (Phi) is 5.43. The maximum absolute atomic E-state index is 12.2. The Labute approximate surface area is 153 Å². The van der Waals surface area contributed by atoms with Gasteiger partial charge in [0.1, 0.15) is 23.9 Å². The SMILES string of the molecule is CCCc1ccc(C(=O)/C=C/c2ccc(Cn3cc([N+](=O)[O-])cn3)o2)s1. The van der Waals surface area contributed by atoms with Gasteiger partial charge in [-0.25, -0.2) is 0 Å². The maximum atomic E-state index is 12.2. The molecule has 0 N–H and O–H groups in total. The molecule has 0 aromatic carbocycles. The van der Waals surface area contributed by atoms with Crippen molar-refractivity contribution in [3.8, 4) is 0 Å². The molecule has 3 aromatic heterocycles. The molecule has 26 heavy (non-hydrogen) atoms. The molecular weight excluding hydrogens is 354 g/mol. The molecule has 7 nitrogen and oxygen atoms in total. The average Bonchev–Trinajstić information content (AvgIpc) is 3.34. The first-order valence-electron chi connectivity index (χ1n) is 8.12. The number of nitro groups is 1. The Morgan fingerprint density at radius 2 is 2.23 bits per heavy atom. The molecule has 0 bridgehead atoms. The Balaban J connectivity index is 1.62. The fraction of sp³-hybridized carbons (Fsp3) is 0.222. The van der Waals surface area contributed by atoms with Crippen LogP contribution >= 0.6 is 11.3 Å². The summed E-state index contributed by atoms with van der Waals surface area (Å²) in [7, 11) is 0. The summed E-state index contributed by atoms with van der Waals surface area (Å²) < 4.78 is 7.05.